The largest absolute Gasteiger partial charge is 0.464 e. The number of non-ortho nitro benzene ring substituents is 1. The van der Waals surface area contributed by atoms with Crippen LogP contribution < -0.4 is 4.74 Å². The first kappa shape index (κ1) is 18.6. The fourth-order valence-corrected chi connectivity index (χ4v) is 4.04. The highest BCUT2D eigenvalue weighted by Crippen LogP contribution is 2.48. The van der Waals surface area contributed by atoms with Crippen LogP contribution in [0.15, 0.2) is 71.8 Å². The zero-order valence-corrected chi connectivity index (χ0v) is 16.3. The van der Waals surface area contributed by atoms with E-state index >= 15 is 0 Å². The lowest BCUT2D eigenvalue weighted by Crippen LogP contribution is -2.33. The summed E-state index contributed by atoms with van der Waals surface area (Å²) in [7, 11) is 0. The van der Waals surface area contributed by atoms with Gasteiger partial charge in [0.05, 0.1) is 16.7 Å². The number of ether oxygens (including phenoxy) is 1. The Morgan fingerprint density at radius 3 is 2.53 bits per heavy atom. The van der Waals surface area contributed by atoms with E-state index in [2.05, 4.69) is 0 Å². The maximum atomic E-state index is 13.4. The van der Waals surface area contributed by atoms with Gasteiger partial charge < -0.3 is 4.74 Å². The summed E-state index contributed by atoms with van der Waals surface area (Å²) in [5.74, 6) is 0.388. The quantitative estimate of drug-likeness (QED) is 0.404. The second kappa shape index (κ2) is 7.11. The predicted octanol–water partition coefficient (Wildman–Crippen LogP) is 5.63. The van der Waals surface area contributed by atoms with Gasteiger partial charge in [0.2, 0.25) is 6.23 Å². The Bertz CT molecular complexity index is 1170. The van der Waals surface area contributed by atoms with Crippen LogP contribution in [0.25, 0.3) is 0 Å². The van der Waals surface area contributed by atoms with Crippen LogP contribution in [0, 0.1) is 15.9 Å². The lowest BCUT2D eigenvalue weighted by molar-refractivity contribution is -0.384. The molecule has 2 unspecified atom stereocenters. The van der Waals surface area contributed by atoms with Gasteiger partial charge in [0.25, 0.3) is 5.69 Å². The zero-order chi connectivity index (χ0) is 20.8. The van der Waals surface area contributed by atoms with Crippen molar-refractivity contribution >= 4 is 23.0 Å². The SMILES string of the molecule is O=[N+]([O-])c1ccc(C2Oc3ccc(Cl)cc3C3CC(c4ccc(F)cc4)=NN32)cc1. The molecule has 30 heavy (non-hydrogen) atoms. The lowest BCUT2D eigenvalue weighted by atomic mass is 9.96. The van der Waals surface area contributed by atoms with E-state index in [1.807, 2.05) is 17.1 Å². The van der Waals surface area contributed by atoms with E-state index in [9.17, 15) is 14.5 Å². The second-order valence-electron chi connectivity index (χ2n) is 7.15. The monoisotopic (exact) mass is 423 g/mol. The Morgan fingerprint density at radius 2 is 1.83 bits per heavy atom. The number of nitrogens with zero attached hydrogens (tertiary/aromatic N) is 3. The Kier molecular flexibility index (Phi) is 4.40. The predicted molar refractivity (Wildman–Crippen MR) is 110 cm³/mol. The molecule has 0 radical (unpaired) electrons. The fraction of sp³-hybridized carbons (Fsp3) is 0.136. The molecule has 2 atom stereocenters. The Balaban J connectivity index is 1.57. The van der Waals surface area contributed by atoms with Gasteiger partial charge in [-0.3, -0.25) is 10.1 Å². The van der Waals surface area contributed by atoms with Gasteiger partial charge >= 0.3 is 0 Å². The first-order chi connectivity index (χ1) is 14.5. The van der Waals surface area contributed by atoms with Crippen molar-refractivity contribution in [3.63, 3.8) is 0 Å². The van der Waals surface area contributed by atoms with Gasteiger partial charge in [0.1, 0.15) is 11.6 Å². The van der Waals surface area contributed by atoms with E-state index in [1.165, 1.54) is 24.3 Å². The highest BCUT2D eigenvalue weighted by molar-refractivity contribution is 6.30. The van der Waals surface area contributed by atoms with Crippen molar-refractivity contribution in [2.75, 3.05) is 0 Å². The molecule has 0 saturated heterocycles. The van der Waals surface area contributed by atoms with Crippen molar-refractivity contribution in [1.29, 1.82) is 0 Å². The Morgan fingerprint density at radius 1 is 1.10 bits per heavy atom. The summed E-state index contributed by atoms with van der Waals surface area (Å²) in [5.41, 5.74) is 3.31. The standard InChI is InChI=1S/C22H15ClFN3O3/c23-15-5-10-21-18(11-15)20-12-19(13-1-6-16(24)7-2-13)25-26(20)22(30-21)14-3-8-17(9-4-14)27(28)29/h1-11,20,22H,12H2. The number of hydrogen-bond donors (Lipinski definition) is 0. The minimum atomic E-state index is -0.553. The number of fused-ring (bicyclic) bond motifs is 3. The van der Waals surface area contributed by atoms with Gasteiger partial charge in [-0.05, 0) is 48.0 Å². The molecule has 6 nitrogen and oxygen atoms in total. The molecule has 0 saturated carbocycles. The van der Waals surface area contributed by atoms with Gasteiger partial charge in [-0.15, -0.1) is 0 Å². The van der Waals surface area contributed by atoms with Crippen molar-refractivity contribution in [3.05, 3.63) is 104 Å². The highest BCUT2D eigenvalue weighted by Gasteiger charge is 2.41. The molecule has 0 bridgehead atoms. The molecule has 2 aliphatic rings. The summed E-state index contributed by atoms with van der Waals surface area (Å²) in [5, 5.41) is 18.2. The second-order valence-corrected chi connectivity index (χ2v) is 7.59. The third-order valence-electron chi connectivity index (χ3n) is 5.32. The van der Waals surface area contributed by atoms with E-state index in [-0.39, 0.29) is 17.5 Å². The summed E-state index contributed by atoms with van der Waals surface area (Å²) in [6, 6.07) is 17.8. The van der Waals surface area contributed by atoms with Crippen molar-refractivity contribution in [2.45, 2.75) is 18.7 Å². The third kappa shape index (κ3) is 3.17. The number of benzene rings is 3. The summed E-state index contributed by atoms with van der Waals surface area (Å²) in [6.07, 6.45) is 0.0497. The van der Waals surface area contributed by atoms with E-state index in [0.717, 1.165) is 22.4 Å². The lowest BCUT2D eigenvalue weighted by Gasteiger charge is -2.38. The molecule has 0 aliphatic carbocycles. The third-order valence-corrected chi connectivity index (χ3v) is 5.55. The Hall–Kier alpha value is -3.45. The summed E-state index contributed by atoms with van der Waals surface area (Å²) < 4.78 is 19.6. The van der Waals surface area contributed by atoms with E-state index < -0.39 is 11.2 Å². The van der Waals surface area contributed by atoms with E-state index in [1.54, 1.807) is 30.3 Å². The molecule has 8 heteroatoms. The van der Waals surface area contributed by atoms with Crippen molar-refractivity contribution in [2.24, 2.45) is 5.10 Å². The van der Waals surface area contributed by atoms with E-state index in [4.69, 9.17) is 21.4 Å². The molecule has 2 aliphatic heterocycles. The first-order valence-corrected chi connectivity index (χ1v) is 9.69. The van der Waals surface area contributed by atoms with Gasteiger partial charge in [-0.25, -0.2) is 9.40 Å². The Labute approximate surface area is 176 Å². The molecule has 0 aromatic heterocycles. The number of nitro groups is 1. The van der Waals surface area contributed by atoms with Crippen molar-refractivity contribution in [3.8, 4) is 5.75 Å². The molecule has 5 rings (SSSR count). The van der Waals surface area contributed by atoms with Crippen LogP contribution in [0.5, 0.6) is 5.75 Å². The van der Waals surface area contributed by atoms with Crippen LogP contribution in [0.2, 0.25) is 5.02 Å². The molecule has 0 fully saturated rings. The summed E-state index contributed by atoms with van der Waals surface area (Å²) >= 11 is 6.22. The molecular weight excluding hydrogens is 409 g/mol. The number of halogens is 2. The molecule has 3 aromatic rings. The molecule has 0 N–H and O–H groups in total. The number of nitro benzene ring substituents is 1. The molecule has 3 aromatic carbocycles. The topological polar surface area (TPSA) is 68.0 Å². The molecule has 150 valence electrons. The van der Waals surface area contributed by atoms with Crippen LogP contribution >= 0.6 is 11.6 Å². The fourth-order valence-electron chi connectivity index (χ4n) is 3.86. The molecular formula is C22H15ClFN3O3. The smallest absolute Gasteiger partial charge is 0.269 e. The average Bonchev–Trinajstić information content (AvgIpc) is 3.19. The average molecular weight is 424 g/mol. The van der Waals surface area contributed by atoms with Crippen molar-refractivity contribution < 1.29 is 14.1 Å². The molecule has 0 amide bonds. The molecule has 2 heterocycles. The zero-order valence-electron chi connectivity index (χ0n) is 15.5. The van der Waals surface area contributed by atoms with Gasteiger partial charge in [0, 0.05) is 34.7 Å². The minimum Gasteiger partial charge on any atom is -0.464 e. The maximum Gasteiger partial charge on any atom is 0.269 e. The van der Waals surface area contributed by atoms with Gasteiger partial charge in [-0.1, -0.05) is 23.7 Å². The normalized spacial score (nSPS) is 19.5. The van der Waals surface area contributed by atoms with Crippen LogP contribution in [0.1, 0.15) is 35.4 Å². The first-order valence-electron chi connectivity index (χ1n) is 9.32. The van der Waals surface area contributed by atoms with Crippen molar-refractivity contribution in [1.82, 2.24) is 5.01 Å². The van der Waals surface area contributed by atoms with Crippen LogP contribution in [0.3, 0.4) is 0 Å². The minimum absolute atomic E-state index is 0.00946. The summed E-state index contributed by atoms with van der Waals surface area (Å²) in [4.78, 5) is 10.6. The highest BCUT2D eigenvalue weighted by atomic mass is 35.5. The summed E-state index contributed by atoms with van der Waals surface area (Å²) in [6.45, 7) is 0. The van der Waals surface area contributed by atoms with Gasteiger partial charge in [-0.2, -0.15) is 5.10 Å². The van der Waals surface area contributed by atoms with Crippen LogP contribution in [-0.4, -0.2) is 15.6 Å². The van der Waals surface area contributed by atoms with Crippen LogP contribution in [0.4, 0.5) is 10.1 Å². The van der Waals surface area contributed by atoms with Crippen LogP contribution in [-0.2, 0) is 0 Å². The number of hydrogen-bond acceptors (Lipinski definition) is 5. The van der Waals surface area contributed by atoms with Gasteiger partial charge in [0.15, 0.2) is 0 Å². The maximum absolute atomic E-state index is 13.4. The number of hydrazone groups is 1. The molecule has 0 spiro atoms. The number of rotatable bonds is 3. The van der Waals surface area contributed by atoms with E-state index in [0.29, 0.717) is 17.2 Å².